The molecule has 0 unspecified atom stereocenters. The van der Waals surface area contributed by atoms with Crippen molar-refractivity contribution in [2.45, 2.75) is 20.8 Å². The Kier molecular flexibility index (Phi) is 5.41. The molecule has 1 aliphatic heterocycles. The number of hydrogen-bond acceptors (Lipinski definition) is 3. The summed E-state index contributed by atoms with van der Waals surface area (Å²) in [6, 6.07) is 0. The van der Waals surface area contributed by atoms with Gasteiger partial charge in [-0.15, -0.1) is 0 Å². The monoisotopic (exact) mass is 241 g/mol. The van der Waals surface area contributed by atoms with E-state index in [9.17, 15) is 9.59 Å². The quantitative estimate of drug-likeness (QED) is 0.703. The highest BCUT2D eigenvalue weighted by atomic mass is 16.2. The fourth-order valence-corrected chi connectivity index (χ4v) is 1.93. The average Bonchev–Trinajstić information content (AvgIpc) is 2.35. The molecule has 0 aliphatic carbocycles. The van der Waals surface area contributed by atoms with Gasteiger partial charge in [-0.25, -0.2) is 0 Å². The summed E-state index contributed by atoms with van der Waals surface area (Å²) >= 11 is 0. The summed E-state index contributed by atoms with van der Waals surface area (Å²) < 4.78 is 0. The fraction of sp³-hybridized carbons (Fsp3) is 0.833. The van der Waals surface area contributed by atoms with E-state index in [1.165, 1.54) is 0 Å². The molecule has 1 fully saturated rings. The van der Waals surface area contributed by atoms with Crippen molar-refractivity contribution >= 4 is 11.8 Å². The molecule has 1 aliphatic rings. The lowest BCUT2D eigenvalue weighted by Gasteiger charge is -2.30. The van der Waals surface area contributed by atoms with Crippen molar-refractivity contribution in [3.63, 3.8) is 0 Å². The van der Waals surface area contributed by atoms with Gasteiger partial charge in [0.05, 0.1) is 0 Å². The molecule has 0 radical (unpaired) electrons. The molecule has 1 heterocycles. The van der Waals surface area contributed by atoms with Crippen LogP contribution >= 0.6 is 0 Å². The minimum absolute atomic E-state index is 0.353. The lowest BCUT2D eigenvalue weighted by atomic mass is 10.2. The molecule has 1 rings (SSSR count). The molecule has 0 aromatic rings. The zero-order valence-corrected chi connectivity index (χ0v) is 11.0. The SMILES string of the molecule is CCN(CC(C)C)C(=O)C(=O)N1CCNCC1. The maximum absolute atomic E-state index is 12.0. The van der Waals surface area contributed by atoms with Crippen LogP contribution in [0.5, 0.6) is 0 Å². The maximum atomic E-state index is 12.0. The van der Waals surface area contributed by atoms with Gasteiger partial charge in [0.25, 0.3) is 0 Å². The first-order valence-electron chi connectivity index (χ1n) is 6.35. The summed E-state index contributed by atoms with van der Waals surface area (Å²) in [6.07, 6.45) is 0. The van der Waals surface area contributed by atoms with Crippen molar-refractivity contribution in [1.82, 2.24) is 15.1 Å². The van der Waals surface area contributed by atoms with Crippen molar-refractivity contribution in [3.05, 3.63) is 0 Å². The van der Waals surface area contributed by atoms with Gasteiger partial charge in [0.2, 0.25) is 0 Å². The van der Waals surface area contributed by atoms with E-state index in [1.807, 2.05) is 20.8 Å². The second-order valence-electron chi connectivity index (χ2n) is 4.78. The van der Waals surface area contributed by atoms with Crippen molar-refractivity contribution in [1.29, 1.82) is 0 Å². The topological polar surface area (TPSA) is 52.7 Å². The van der Waals surface area contributed by atoms with E-state index in [0.29, 0.717) is 32.1 Å². The molecule has 5 heteroatoms. The molecule has 0 spiro atoms. The lowest BCUT2D eigenvalue weighted by molar-refractivity contribution is -0.152. The zero-order valence-electron chi connectivity index (χ0n) is 11.0. The highest BCUT2D eigenvalue weighted by Crippen LogP contribution is 2.02. The normalized spacial score (nSPS) is 16.1. The highest BCUT2D eigenvalue weighted by molar-refractivity contribution is 6.34. The van der Waals surface area contributed by atoms with Gasteiger partial charge in [0.1, 0.15) is 0 Å². The third-order valence-corrected chi connectivity index (χ3v) is 2.84. The van der Waals surface area contributed by atoms with Crippen LogP contribution in [-0.2, 0) is 9.59 Å². The van der Waals surface area contributed by atoms with Crippen LogP contribution in [0.1, 0.15) is 20.8 Å². The molecule has 0 aromatic carbocycles. The minimum atomic E-state index is -0.358. The molecule has 1 N–H and O–H groups in total. The standard InChI is InChI=1S/C12H23N3O2/c1-4-14(9-10(2)3)11(16)12(17)15-7-5-13-6-8-15/h10,13H,4-9H2,1-3H3. The number of nitrogens with zero attached hydrogens (tertiary/aromatic N) is 2. The van der Waals surface area contributed by atoms with Gasteiger partial charge < -0.3 is 15.1 Å². The molecule has 0 bridgehead atoms. The summed E-state index contributed by atoms with van der Waals surface area (Å²) in [5, 5.41) is 3.17. The van der Waals surface area contributed by atoms with E-state index in [2.05, 4.69) is 5.32 Å². The van der Waals surface area contributed by atoms with Crippen LogP contribution in [-0.4, -0.2) is 60.9 Å². The summed E-state index contributed by atoms with van der Waals surface area (Å²) in [6.45, 7) is 10.0. The van der Waals surface area contributed by atoms with Crippen LogP contribution in [0.2, 0.25) is 0 Å². The van der Waals surface area contributed by atoms with Crippen LogP contribution in [0, 0.1) is 5.92 Å². The predicted octanol–water partition coefficient (Wildman–Crippen LogP) is -0.0773. The molecule has 0 saturated carbocycles. The second kappa shape index (κ2) is 6.59. The molecule has 0 atom stereocenters. The second-order valence-corrected chi connectivity index (χ2v) is 4.78. The third kappa shape index (κ3) is 4.00. The van der Waals surface area contributed by atoms with Gasteiger partial charge >= 0.3 is 11.8 Å². The molecular weight excluding hydrogens is 218 g/mol. The Bertz CT molecular complexity index is 273. The number of carbonyl (C=O) groups excluding carboxylic acids is 2. The van der Waals surface area contributed by atoms with Crippen molar-refractivity contribution < 1.29 is 9.59 Å². The molecule has 17 heavy (non-hydrogen) atoms. The first kappa shape index (κ1) is 14.0. The Balaban J connectivity index is 2.56. The summed E-state index contributed by atoms with van der Waals surface area (Å²) in [5.74, 6) is -0.327. The number of amides is 2. The van der Waals surface area contributed by atoms with E-state index < -0.39 is 0 Å². The average molecular weight is 241 g/mol. The van der Waals surface area contributed by atoms with E-state index in [0.717, 1.165) is 13.1 Å². The third-order valence-electron chi connectivity index (χ3n) is 2.84. The van der Waals surface area contributed by atoms with Crippen LogP contribution in [0.15, 0.2) is 0 Å². The number of likely N-dealkylation sites (N-methyl/N-ethyl adjacent to an activating group) is 1. The van der Waals surface area contributed by atoms with Gasteiger partial charge in [0.15, 0.2) is 0 Å². The molecule has 5 nitrogen and oxygen atoms in total. The number of hydrogen-bond donors (Lipinski definition) is 1. The number of rotatable bonds is 3. The van der Waals surface area contributed by atoms with E-state index in [-0.39, 0.29) is 11.8 Å². The summed E-state index contributed by atoms with van der Waals surface area (Å²) in [7, 11) is 0. The predicted molar refractivity (Wildman–Crippen MR) is 66.5 cm³/mol. The van der Waals surface area contributed by atoms with Gasteiger partial charge in [-0.2, -0.15) is 0 Å². The molecular formula is C12H23N3O2. The van der Waals surface area contributed by atoms with Crippen LogP contribution in [0.25, 0.3) is 0 Å². The maximum Gasteiger partial charge on any atom is 0.312 e. The fourth-order valence-electron chi connectivity index (χ4n) is 1.93. The van der Waals surface area contributed by atoms with Crippen LogP contribution in [0.4, 0.5) is 0 Å². The van der Waals surface area contributed by atoms with E-state index in [4.69, 9.17) is 0 Å². The summed E-state index contributed by atoms with van der Waals surface area (Å²) in [5.41, 5.74) is 0. The first-order chi connectivity index (χ1) is 8.06. The van der Waals surface area contributed by atoms with E-state index in [1.54, 1.807) is 9.80 Å². The molecule has 98 valence electrons. The lowest BCUT2D eigenvalue weighted by Crippen LogP contribution is -2.52. The van der Waals surface area contributed by atoms with Crippen LogP contribution in [0.3, 0.4) is 0 Å². The Morgan fingerprint density at radius 2 is 1.88 bits per heavy atom. The first-order valence-corrected chi connectivity index (χ1v) is 6.35. The summed E-state index contributed by atoms with van der Waals surface area (Å²) in [4.78, 5) is 27.3. The highest BCUT2D eigenvalue weighted by Gasteiger charge is 2.27. The Morgan fingerprint density at radius 1 is 1.29 bits per heavy atom. The number of piperazine rings is 1. The van der Waals surface area contributed by atoms with E-state index >= 15 is 0 Å². The largest absolute Gasteiger partial charge is 0.334 e. The van der Waals surface area contributed by atoms with Crippen molar-refractivity contribution in [2.75, 3.05) is 39.3 Å². The minimum Gasteiger partial charge on any atom is -0.334 e. The Morgan fingerprint density at radius 3 is 2.35 bits per heavy atom. The van der Waals surface area contributed by atoms with Crippen molar-refractivity contribution in [2.24, 2.45) is 5.92 Å². The molecule has 1 saturated heterocycles. The molecule has 0 aromatic heterocycles. The van der Waals surface area contributed by atoms with Gasteiger partial charge in [0, 0.05) is 39.3 Å². The van der Waals surface area contributed by atoms with Gasteiger partial charge in [-0.05, 0) is 12.8 Å². The Hall–Kier alpha value is -1.10. The number of nitrogens with one attached hydrogen (secondary N) is 1. The molecule has 2 amide bonds. The van der Waals surface area contributed by atoms with Crippen molar-refractivity contribution in [3.8, 4) is 0 Å². The Labute approximate surface area is 103 Å². The van der Waals surface area contributed by atoms with Gasteiger partial charge in [-0.3, -0.25) is 9.59 Å². The van der Waals surface area contributed by atoms with Gasteiger partial charge in [-0.1, -0.05) is 13.8 Å². The smallest absolute Gasteiger partial charge is 0.312 e. The number of carbonyl (C=O) groups is 2. The van der Waals surface area contributed by atoms with Crippen LogP contribution < -0.4 is 5.32 Å². The zero-order chi connectivity index (χ0) is 12.8.